The molecule has 1 aliphatic heterocycles. The lowest BCUT2D eigenvalue weighted by atomic mass is 10.0. The van der Waals surface area contributed by atoms with Gasteiger partial charge < -0.3 is 10.3 Å². The Kier molecular flexibility index (Phi) is 4.87. The quantitative estimate of drug-likeness (QED) is 0.762. The molecule has 2 N–H and O–H groups in total. The lowest BCUT2D eigenvalue weighted by Gasteiger charge is -2.27. The van der Waals surface area contributed by atoms with Crippen molar-refractivity contribution in [3.8, 4) is 11.3 Å². The molecule has 0 radical (unpaired) electrons. The lowest BCUT2D eigenvalue weighted by Crippen LogP contribution is -2.42. The van der Waals surface area contributed by atoms with Crippen LogP contribution in [-0.4, -0.2) is 36.1 Å². The van der Waals surface area contributed by atoms with Crippen molar-refractivity contribution in [1.29, 1.82) is 0 Å². The second kappa shape index (κ2) is 7.44. The van der Waals surface area contributed by atoms with E-state index >= 15 is 0 Å². The monoisotopic (exact) mass is 347 g/mol. The molecule has 0 saturated carbocycles. The van der Waals surface area contributed by atoms with E-state index in [1.165, 1.54) is 11.1 Å². The van der Waals surface area contributed by atoms with Crippen molar-refractivity contribution >= 4 is 10.8 Å². The summed E-state index contributed by atoms with van der Waals surface area (Å²) in [6, 6.07) is 16.6. The number of aromatic nitrogens is 1. The third-order valence-electron chi connectivity index (χ3n) is 5.24. The van der Waals surface area contributed by atoms with Crippen molar-refractivity contribution in [2.24, 2.45) is 0 Å². The third-order valence-corrected chi connectivity index (χ3v) is 5.24. The second-order valence-electron chi connectivity index (χ2n) is 6.97. The van der Waals surface area contributed by atoms with Gasteiger partial charge in [0.15, 0.2) is 0 Å². The molecule has 0 aliphatic carbocycles. The zero-order valence-corrected chi connectivity index (χ0v) is 15.2. The van der Waals surface area contributed by atoms with E-state index < -0.39 is 0 Å². The van der Waals surface area contributed by atoms with Crippen molar-refractivity contribution in [1.82, 2.24) is 15.2 Å². The number of pyridine rings is 1. The van der Waals surface area contributed by atoms with Gasteiger partial charge in [-0.25, -0.2) is 0 Å². The zero-order valence-electron chi connectivity index (χ0n) is 15.2. The number of fused-ring (bicyclic) bond motifs is 1. The van der Waals surface area contributed by atoms with Gasteiger partial charge in [-0.05, 0) is 40.6 Å². The van der Waals surface area contributed by atoms with Gasteiger partial charge >= 0.3 is 0 Å². The SMILES string of the molecule is CCc1cccc2c(=O)[nH]c(-c3ccc(CN4CCNCC4)cc3)cc12. The van der Waals surface area contributed by atoms with Crippen LogP contribution in [0.4, 0.5) is 0 Å². The Morgan fingerprint density at radius 2 is 1.77 bits per heavy atom. The lowest BCUT2D eigenvalue weighted by molar-refractivity contribution is 0.233. The second-order valence-corrected chi connectivity index (χ2v) is 6.97. The van der Waals surface area contributed by atoms with E-state index in [0.29, 0.717) is 0 Å². The minimum atomic E-state index is -0.0160. The summed E-state index contributed by atoms with van der Waals surface area (Å²) in [6.07, 6.45) is 0.920. The number of nitrogens with one attached hydrogen (secondary N) is 2. The first kappa shape index (κ1) is 17.0. The van der Waals surface area contributed by atoms with E-state index in [1.807, 2.05) is 12.1 Å². The molecule has 1 saturated heterocycles. The average molecular weight is 347 g/mol. The van der Waals surface area contributed by atoms with Crippen molar-refractivity contribution < 1.29 is 0 Å². The van der Waals surface area contributed by atoms with Gasteiger partial charge in [0, 0.05) is 43.8 Å². The maximum atomic E-state index is 12.5. The Hall–Kier alpha value is -2.43. The van der Waals surface area contributed by atoms with Crippen molar-refractivity contribution in [3.63, 3.8) is 0 Å². The summed E-state index contributed by atoms with van der Waals surface area (Å²) in [5, 5.41) is 5.21. The molecular formula is C22H25N3O. The number of hydrogen-bond donors (Lipinski definition) is 2. The van der Waals surface area contributed by atoms with E-state index in [0.717, 1.165) is 61.2 Å². The van der Waals surface area contributed by atoms with Gasteiger partial charge in [-0.3, -0.25) is 9.69 Å². The van der Waals surface area contributed by atoms with Gasteiger partial charge in [0.2, 0.25) is 0 Å². The number of nitrogens with zero attached hydrogens (tertiary/aromatic N) is 1. The van der Waals surface area contributed by atoms with Gasteiger partial charge in [-0.2, -0.15) is 0 Å². The summed E-state index contributed by atoms with van der Waals surface area (Å²) in [4.78, 5) is 18.0. The first-order chi connectivity index (χ1) is 12.7. The molecule has 0 spiro atoms. The number of rotatable bonds is 4. The summed E-state index contributed by atoms with van der Waals surface area (Å²) in [5.41, 5.74) is 4.45. The van der Waals surface area contributed by atoms with Crippen LogP contribution in [0.15, 0.2) is 53.3 Å². The molecule has 4 heteroatoms. The number of aryl methyl sites for hydroxylation is 1. The van der Waals surface area contributed by atoms with E-state index in [4.69, 9.17) is 0 Å². The van der Waals surface area contributed by atoms with Gasteiger partial charge in [0.25, 0.3) is 5.56 Å². The Morgan fingerprint density at radius 3 is 2.50 bits per heavy atom. The van der Waals surface area contributed by atoms with Crippen LogP contribution in [0.2, 0.25) is 0 Å². The third kappa shape index (κ3) is 3.43. The minimum Gasteiger partial charge on any atom is -0.321 e. The molecule has 26 heavy (non-hydrogen) atoms. The summed E-state index contributed by atoms with van der Waals surface area (Å²) < 4.78 is 0. The van der Waals surface area contributed by atoms with E-state index in [-0.39, 0.29) is 5.56 Å². The van der Waals surface area contributed by atoms with Crippen LogP contribution in [0.3, 0.4) is 0 Å². The Morgan fingerprint density at radius 1 is 1.00 bits per heavy atom. The summed E-state index contributed by atoms with van der Waals surface area (Å²) in [5.74, 6) is 0. The highest BCUT2D eigenvalue weighted by Gasteiger charge is 2.11. The predicted octanol–water partition coefficient (Wildman–Crippen LogP) is 3.16. The number of aromatic amines is 1. The smallest absolute Gasteiger partial charge is 0.256 e. The fraction of sp³-hybridized carbons (Fsp3) is 0.318. The molecule has 1 aromatic heterocycles. The molecule has 4 rings (SSSR count). The number of H-pyrrole nitrogens is 1. The standard InChI is InChI=1S/C22H25N3O/c1-2-17-4-3-5-19-20(17)14-21(24-22(19)26)18-8-6-16(7-9-18)15-25-12-10-23-11-13-25/h3-9,14,23H,2,10-13,15H2,1H3,(H,24,26). The molecule has 134 valence electrons. The molecule has 2 aromatic carbocycles. The summed E-state index contributed by atoms with van der Waals surface area (Å²) in [6.45, 7) is 7.43. The van der Waals surface area contributed by atoms with Gasteiger partial charge in [0.05, 0.1) is 0 Å². The normalized spacial score (nSPS) is 15.4. The highest BCUT2D eigenvalue weighted by Crippen LogP contribution is 2.23. The van der Waals surface area contributed by atoms with Crippen LogP contribution >= 0.6 is 0 Å². The van der Waals surface area contributed by atoms with Gasteiger partial charge in [-0.15, -0.1) is 0 Å². The molecule has 0 unspecified atom stereocenters. The van der Waals surface area contributed by atoms with E-state index in [1.54, 1.807) is 0 Å². The van der Waals surface area contributed by atoms with Gasteiger partial charge in [0.1, 0.15) is 0 Å². The Balaban J connectivity index is 1.63. The Labute approximate surface area is 153 Å². The van der Waals surface area contributed by atoms with Gasteiger partial charge in [-0.1, -0.05) is 43.3 Å². The van der Waals surface area contributed by atoms with Crippen molar-refractivity contribution in [2.75, 3.05) is 26.2 Å². The average Bonchev–Trinajstić information content (AvgIpc) is 2.69. The first-order valence-electron chi connectivity index (χ1n) is 9.42. The zero-order chi connectivity index (χ0) is 17.9. The maximum Gasteiger partial charge on any atom is 0.256 e. The maximum absolute atomic E-state index is 12.5. The van der Waals surface area contributed by atoms with Crippen LogP contribution in [0.5, 0.6) is 0 Å². The topological polar surface area (TPSA) is 48.1 Å². The molecule has 0 amide bonds. The fourth-order valence-corrected chi connectivity index (χ4v) is 3.73. The first-order valence-corrected chi connectivity index (χ1v) is 9.42. The summed E-state index contributed by atoms with van der Waals surface area (Å²) >= 11 is 0. The fourth-order valence-electron chi connectivity index (χ4n) is 3.73. The number of piperazine rings is 1. The number of hydrogen-bond acceptors (Lipinski definition) is 3. The molecular weight excluding hydrogens is 322 g/mol. The van der Waals surface area contributed by atoms with Crippen molar-refractivity contribution in [3.05, 3.63) is 70.0 Å². The highest BCUT2D eigenvalue weighted by molar-refractivity contribution is 5.88. The largest absolute Gasteiger partial charge is 0.321 e. The van der Waals surface area contributed by atoms with Crippen LogP contribution in [-0.2, 0) is 13.0 Å². The molecule has 2 heterocycles. The summed E-state index contributed by atoms with van der Waals surface area (Å²) in [7, 11) is 0. The number of benzene rings is 2. The molecule has 3 aromatic rings. The minimum absolute atomic E-state index is 0.0160. The van der Waals surface area contributed by atoms with E-state index in [2.05, 4.69) is 58.5 Å². The highest BCUT2D eigenvalue weighted by atomic mass is 16.1. The van der Waals surface area contributed by atoms with Crippen LogP contribution in [0.25, 0.3) is 22.0 Å². The molecule has 1 aliphatic rings. The van der Waals surface area contributed by atoms with E-state index in [9.17, 15) is 4.79 Å². The molecule has 4 nitrogen and oxygen atoms in total. The van der Waals surface area contributed by atoms with Crippen molar-refractivity contribution in [2.45, 2.75) is 19.9 Å². The van der Waals surface area contributed by atoms with Crippen LogP contribution in [0, 0.1) is 0 Å². The molecule has 1 fully saturated rings. The predicted molar refractivity (Wildman–Crippen MR) is 108 cm³/mol. The van der Waals surface area contributed by atoms with Crippen LogP contribution < -0.4 is 10.9 Å². The molecule has 0 atom stereocenters. The molecule has 0 bridgehead atoms. The van der Waals surface area contributed by atoms with Crippen LogP contribution in [0.1, 0.15) is 18.1 Å². The Bertz CT molecular complexity index is 953.